The number of rotatable bonds is 3. The lowest BCUT2D eigenvalue weighted by Crippen LogP contribution is -2.34. The monoisotopic (exact) mass is 457 g/mol. The van der Waals surface area contributed by atoms with Crippen molar-refractivity contribution in [2.45, 2.75) is 18.8 Å². The van der Waals surface area contributed by atoms with Crippen molar-refractivity contribution in [1.82, 2.24) is 30.1 Å². The van der Waals surface area contributed by atoms with E-state index in [4.69, 9.17) is 4.98 Å². The number of H-pyrrole nitrogens is 1. The maximum absolute atomic E-state index is 4.78. The number of benzene rings is 2. The van der Waals surface area contributed by atoms with Gasteiger partial charge < -0.3 is 4.90 Å². The van der Waals surface area contributed by atoms with Crippen molar-refractivity contribution in [2.24, 2.45) is 0 Å². The molecule has 0 radical (unpaired) electrons. The number of piperidine rings is 1. The molecule has 1 saturated heterocycles. The molecule has 0 bridgehead atoms. The molecule has 0 unspecified atom stereocenters. The Kier molecular flexibility index (Phi) is 5.61. The summed E-state index contributed by atoms with van der Waals surface area (Å²) in [7, 11) is 0. The molecule has 4 heterocycles. The van der Waals surface area contributed by atoms with Gasteiger partial charge >= 0.3 is 0 Å². The average molecular weight is 458 g/mol. The maximum atomic E-state index is 4.78. The number of anilines is 1. The number of fused-ring (bicyclic) bond motifs is 1. The van der Waals surface area contributed by atoms with Crippen molar-refractivity contribution in [3.05, 3.63) is 96.1 Å². The summed E-state index contributed by atoms with van der Waals surface area (Å²) in [4.78, 5) is 20.6. The molecule has 170 valence electrons. The van der Waals surface area contributed by atoms with Crippen LogP contribution in [0.15, 0.2) is 79.3 Å². The van der Waals surface area contributed by atoms with Crippen LogP contribution in [0.5, 0.6) is 0 Å². The van der Waals surface area contributed by atoms with Gasteiger partial charge in [0.05, 0.1) is 11.7 Å². The zero-order valence-electron chi connectivity index (χ0n) is 19.1. The van der Waals surface area contributed by atoms with Gasteiger partial charge in [0.15, 0.2) is 5.82 Å². The van der Waals surface area contributed by atoms with Crippen molar-refractivity contribution in [3.8, 4) is 23.4 Å². The second-order valence-electron chi connectivity index (χ2n) is 8.60. The Morgan fingerprint density at radius 1 is 0.857 bits per heavy atom. The minimum absolute atomic E-state index is 0.546. The molecule has 35 heavy (non-hydrogen) atoms. The van der Waals surface area contributed by atoms with Crippen LogP contribution >= 0.6 is 0 Å². The lowest BCUT2D eigenvalue weighted by Gasteiger charge is -2.32. The van der Waals surface area contributed by atoms with Crippen LogP contribution in [-0.2, 0) is 0 Å². The van der Waals surface area contributed by atoms with Crippen molar-refractivity contribution in [1.29, 1.82) is 0 Å². The predicted molar refractivity (Wildman–Crippen MR) is 136 cm³/mol. The van der Waals surface area contributed by atoms with Crippen LogP contribution in [-0.4, -0.2) is 43.2 Å². The minimum Gasteiger partial charge on any atom is -0.341 e. The maximum Gasteiger partial charge on any atom is 0.225 e. The molecular formula is C28H23N7. The normalized spacial score (nSPS) is 14.0. The van der Waals surface area contributed by atoms with E-state index in [0.29, 0.717) is 23.1 Å². The van der Waals surface area contributed by atoms with Crippen LogP contribution in [0, 0.1) is 11.8 Å². The first kappa shape index (κ1) is 21.0. The summed E-state index contributed by atoms with van der Waals surface area (Å²) in [5, 5.41) is 8.03. The minimum atomic E-state index is 0.546. The van der Waals surface area contributed by atoms with E-state index in [1.165, 1.54) is 5.56 Å². The molecule has 0 spiro atoms. The highest BCUT2D eigenvalue weighted by Gasteiger charge is 2.22. The van der Waals surface area contributed by atoms with Gasteiger partial charge in [0.2, 0.25) is 5.95 Å². The van der Waals surface area contributed by atoms with Gasteiger partial charge in [0.25, 0.3) is 0 Å². The summed E-state index contributed by atoms with van der Waals surface area (Å²) in [6.07, 6.45) is 7.47. The average Bonchev–Trinajstić information content (AvgIpc) is 3.41. The molecule has 0 amide bonds. The van der Waals surface area contributed by atoms with E-state index in [1.807, 2.05) is 30.3 Å². The van der Waals surface area contributed by atoms with Crippen molar-refractivity contribution in [2.75, 3.05) is 18.0 Å². The van der Waals surface area contributed by atoms with Gasteiger partial charge in [-0.05, 0) is 60.6 Å². The number of hydrogen-bond donors (Lipinski definition) is 1. The molecule has 5 aromatic rings. The molecule has 0 atom stereocenters. The van der Waals surface area contributed by atoms with Crippen LogP contribution in [0.2, 0.25) is 0 Å². The van der Waals surface area contributed by atoms with Gasteiger partial charge in [-0.1, -0.05) is 36.3 Å². The van der Waals surface area contributed by atoms with E-state index in [2.05, 4.69) is 72.2 Å². The Bertz CT molecular complexity index is 1520. The van der Waals surface area contributed by atoms with Crippen molar-refractivity contribution >= 4 is 16.9 Å². The number of nitrogens with one attached hydrogen (secondary N) is 1. The quantitative estimate of drug-likeness (QED) is 0.399. The zero-order valence-corrected chi connectivity index (χ0v) is 19.1. The second-order valence-corrected chi connectivity index (χ2v) is 8.60. The van der Waals surface area contributed by atoms with E-state index < -0.39 is 0 Å². The fourth-order valence-electron chi connectivity index (χ4n) is 4.47. The van der Waals surface area contributed by atoms with Crippen LogP contribution < -0.4 is 4.90 Å². The molecule has 1 N–H and O–H groups in total. The van der Waals surface area contributed by atoms with Crippen molar-refractivity contribution in [3.63, 3.8) is 0 Å². The van der Waals surface area contributed by atoms with Crippen molar-refractivity contribution < 1.29 is 0 Å². The zero-order chi connectivity index (χ0) is 23.5. The highest BCUT2D eigenvalue weighted by molar-refractivity contribution is 5.79. The molecule has 0 saturated carbocycles. The molecule has 0 aliphatic carbocycles. The Morgan fingerprint density at radius 2 is 1.71 bits per heavy atom. The lowest BCUT2D eigenvalue weighted by atomic mass is 9.90. The fraction of sp³-hybridized carbons (Fsp3) is 0.179. The molecule has 2 aromatic carbocycles. The first-order chi connectivity index (χ1) is 17.3. The second kappa shape index (κ2) is 9.35. The number of nitrogens with zero attached hydrogens (tertiary/aromatic N) is 6. The highest BCUT2D eigenvalue weighted by Crippen LogP contribution is 2.29. The van der Waals surface area contributed by atoms with Gasteiger partial charge in [0.1, 0.15) is 11.4 Å². The Balaban J connectivity index is 1.18. The Morgan fingerprint density at radius 3 is 2.60 bits per heavy atom. The van der Waals surface area contributed by atoms with Crippen LogP contribution in [0.1, 0.15) is 35.6 Å². The third kappa shape index (κ3) is 4.59. The van der Waals surface area contributed by atoms with Crippen LogP contribution in [0.3, 0.4) is 0 Å². The largest absolute Gasteiger partial charge is 0.341 e. The highest BCUT2D eigenvalue weighted by atomic mass is 15.3. The smallest absolute Gasteiger partial charge is 0.225 e. The summed E-state index contributed by atoms with van der Waals surface area (Å²) in [6.45, 7) is 1.85. The number of aromatic nitrogens is 6. The van der Waals surface area contributed by atoms with Crippen LogP contribution in [0.25, 0.3) is 22.4 Å². The lowest BCUT2D eigenvalue weighted by molar-refractivity contribution is 0.499. The SMILES string of the molecule is C(#Cc1ccnc(-c2ccnc(N3CCC(c4ccccc4)CC3)n2)n1)c1ccc2[nH]ncc2c1. The first-order valence-corrected chi connectivity index (χ1v) is 11.7. The van der Waals surface area contributed by atoms with E-state index in [9.17, 15) is 0 Å². The Labute approximate surface area is 203 Å². The van der Waals surface area contributed by atoms with Gasteiger partial charge in [-0.3, -0.25) is 5.10 Å². The van der Waals surface area contributed by atoms with Gasteiger partial charge in [0, 0.05) is 36.4 Å². The first-order valence-electron chi connectivity index (χ1n) is 11.7. The molecule has 3 aromatic heterocycles. The molecule has 6 rings (SSSR count). The fourth-order valence-corrected chi connectivity index (χ4v) is 4.47. The van der Waals surface area contributed by atoms with Crippen LogP contribution in [0.4, 0.5) is 5.95 Å². The van der Waals surface area contributed by atoms with Gasteiger partial charge in [-0.2, -0.15) is 5.10 Å². The summed E-state index contributed by atoms with van der Waals surface area (Å²) in [6, 6.07) is 20.3. The van der Waals surface area contributed by atoms with E-state index in [0.717, 1.165) is 48.3 Å². The molecule has 7 nitrogen and oxygen atoms in total. The Hall–Kier alpha value is -4.57. The number of hydrogen-bond acceptors (Lipinski definition) is 6. The summed E-state index contributed by atoms with van der Waals surface area (Å²) >= 11 is 0. The molecule has 7 heteroatoms. The third-order valence-electron chi connectivity index (χ3n) is 6.35. The predicted octanol–water partition coefficient (Wildman–Crippen LogP) is 4.59. The summed E-state index contributed by atoms with van der Waals surface area (Å²) in [5.74, 6) is 8.18. The molecule has 1 fully saturated rings. The molecule has 1 aliphatic rings. The molecular weight excluding hydrogens is 434 g/mol. The standard InChI is InChI=1S/C28H23N7/c1-2-4-21(5-3-1)22-12-16-35(17-13-22)28-30-15-11-26(33-28)27-29-14-10-24(32-27)8-6-20-7-9-25-23(18-20)19-31-34-25/h1-5,7,9-11,14-15,18-19,22H,12-13,16-17H2,(H,31,34). The van der Waals surface area contributed by atoms with E-state index >= 15 is 0 Å². The topological polar surface area (TPSA) is 83.5 Å². The number of aromatic amines is 1. The van der Waals surface area contributed by atoms with E-state index in [-0.39, 0.29) is 0 Å². The molecule has 1 aliphatic heterocycles. The third-order valence-corrected chi connectivity index (χ3v) is 6.35. The summed E-state index contributed by atoms with van der Waals surface area (Å²) in [5.41, 5.74) is 4.65. The van der Waals surface area contributed by atoms with Gasteiger partial charge in [-0.15, -0.1) is 0 Å². The van der Waals surface area contributed by atoms with E-state index in [1.54, 1.807) is 18.6 Å². The van der Waals surface area contributed by atoms with Gasteiger partial charge in [-0.25, -0.2) is 19.9 Å². The summed E-state index contributed by atoms with van der Waals surface area (Å²) < 4.78 is 0.